The summed E-state index contributed by atoms with van der Waals surface area (Å²) in [6.45, 7) is 8.59. The van der Waals surface area contributed by atoms with Crippen molar-refractivity contribution in [2.75, 3.05) is 7.05 Å². The number of aryl methyl sites for hydroxylation is 1. The maximum Gasteiger partial charge on any atom is 0.256 e. The van der Waals surface area contributed by atoms with Gasteiger partial charge in [0.2, 0.25) is 5.91 Å². The predicted octanol–water partition coefficient (Wildman–Crippen LogP) is 2.75. The van der Waals surface area contributed by atoms with E-state index < -0.39 is 5.54 Å². The summed E-state index contributed by atoms with van der Waals surface area (Å²) in [5.41, 5.74) is 0.937. The van der Waals surface area contributed by atoms with Gasteiger partial charge in [-0.2, -0.15) is 0 Å². The minimum absolute atomic E-state index is 0.0626. The van der Waals surface area contributed by atoms with Crippen molar-refractivity contribution in [2.45, 2.75) is 59.0 Å². The van der Waals surface area contributed by atoms with Crippen molar-refractivity contribution in [3.63, 3.8) is 0 Å². The quantitative estimate of drug-likeness (QED) is 0.789. The summed E-state index contributed by atoms with van der Waals surface area (Å²) in [4.78, 5) is 42.7. The second kappa shape index (κ2) is 5.69. The van der Waals surface area contributed by atoms with Gasteiger partial charge in [0, 0.05) is 29.8 Å². The van der Waals surface area contributed by atoms with Crippen molar-refractivity contribution in [3.05, 3.63) is 20.9 Å². The van der Waals surface area contributed by atoms with Gasteiger partial charge in [-0.15, -0.1) is 11.3 Å². The zero-order chi connectivity index (χ0) is 17.8. The first-order valence-electron chi connectivity index (χ1n) is 8.41. The van der Waals surface area contributed by atoms with Crippen LogP contribution in [0.3, 0.4) is 0 Å². The molecule has 1 fully saturated rings. The lowest BCUT2D eigenvalue weighted by atomic mass is 9.88. The Bertz CT molecular complexity index is 737. The van der Waals surface area contributed by atoms with E-state index in [9.17, 15) is 14.4 Å². The molecular weight excluding hydrogens is 324 g/mol. The summed E-state index contributed by atoms with van der Waals surface area (Å²) in [5.74, 6) is 0.0123. The molecule has 3 amide bonds. The van der Waals surface area contributed by atoms with E-state index in [0.29, 0.717) is 25.3 Å². The number of carbonyl (C=O) groups excluding carboxylic acids is 3. The van der Waals surface area contributed by atoms with E-state index in [1.54, 1.807) is 23.2 Å². The molecule has 3 heterocycles. The predicted molar refractivity (Wildman–Crippen MR) is 92.9 cm³/mol. The van der Waals surface area contributed by atoms with Crippen LogP contribution in [0.4, 0.5) is 0 Å². The van der Waals surface area contributed by atoms with Crippen LogP contribution in [-0.4, -0.2) is 40.1 Å². The lowest BCUT2D eigenvalue weighted by Gasteiger charge is -2.42. The number of hydrogen-bond donors (Lipinski definition) is 0. The monoisotopic (exact) mass is 348 g/mol. The van der Waals surface area contributed by atoms with Gasteiger partial charge < -0.3 is 4.90 Å². The SMILES string of the molecule is Cc1sc(CC(C)C)c2c1C(=O)N(C1(C)CCC(=O)N(C)C1=O)C2. The molecule has 0 radical (unpaired) electrons. The highest BCUT2D eigenvalue weighted by atomic mass is 32.1. The van der Waals surface area contributed by atoms with Gasteiger partial charge in [0.1, 0.15) is 5.54 Å². The molecular formula is C18H24N2O3S. The van der Waals surface area contributed by atoms with Crippen molar-refractivity contribution < 1.29 is 14.4 Å². The maximum atomic E-state index is 13.0. The first-order chi connectivity index (χ1) is 11.2. The van der Waals surface area contributed by atoms with Crippen molar-refractivity contribution in [1.29, 1.82) is 0 Å². The Labute approximate surface area is 146 Å². The van der Waals surface area contributed by atoms with E-state index in [1.807, 2.05) is 6.92 Å². The van der Waals surface area contributed by atoms with Crippen LogP contribution in [0.1, 0.15) is 59.3 Å². The molecule has 0 saturated carbocycles. The summed E-state index contributed by atoms with van der Waals surface area (Å²) in [7, 11) is 1.51. The van der Waals surface area contributed by atoms with Crippen molar-refractivity contribution >= 4 is 29.1 Å². The minimum Gasteiger partial charge on any atom is -0.320 e. The fourth-order valence-electron chi connectivity index (χ4n) is 3.75. The number of piperidine rings is 1. The highest BCUT2D eigenvalue weighted by Crippen LogP contribution is 2.41. The molecule has 130 valence electrons. The molecule has 3 rings (SSSR count). The number of likely N-dealkylation sites (N-methyl/N-ethyl adjacent to an activating group) is 1. The van der Waals surface area contributed by atoms with Gasteiger partial charge in [0.25, 0.3) is 11.8 Å². The number of imide groups is 1. The first-order valence-corrected chi connectivity index (χ1v) is 9.22. The molecule has 2 aliphatic heterocycles. The number of carbonyl (C=O) groups is 3. The van der Waals surface area contributed by atoms with Crippen LogP contribution < -0.4 is 0 Å². The van der Waals surface area contributed by atoms with E-state index in [0.717, 1.165) is 22.4 Å². The minimum atomic E-state index is -0.933. The highest BCUT2D eigenvalue weighted by molar-refractivity contribution is 7.12. The van der Waals surface area contributed by atoms with E-state index in [1.165, 1.54) is 16.8 Å². The molecule has 1 atom stereocenters. The van der Waals surface area contributed by atoms with Gasteiger partial charge in [-0.25, -0.2) is 0 Å². The molecule has 0 bridgehead atoms. The van der Waals surface area contributed by atoms with Crippen LogP contribution in [0.5, 0.6) is 0 Å². The van der Waals surface area contributed by atoms with Crippen molar-refractivity contribution in [1.82, 2.24) is 9.80 Å². The molecule has 1 saturated heterocycles. The summed E-state index contributed by atoms with van der Waals surface area (Å²) in [5, 5.41) is 0. The Hall–Kier alpha value is -1.69. The molecule has 5 nitrogen and oxygen atoms in total. The molecule has 0 aromatic carbocycles. The van der Waals surface area contributed by atoms with Gasteiger partial charge in [0.05, 0.1) is 5.56 Å². The average Bonchev–Trinajstić information content (AvgIpc) is 3.00. The molecule has 0 aliphatic carbocycles. The number of likely N-dealkylation sites (tertiary alicyclic amines) is 1. The van der Waals surface area contributed by atoms with Crippen LogP contribution in [0.25, 0.3) is 0 Å². The largest absolute Gasteiger partial charge is 0.320 e. The van der Waals surface area contributed by atoms with Gasteiger partial charge in [0.15, 0.2) is 0 Å². The van der Waals surface area contributed by atoms with Crippen LogP contribution >= 0.6 is 11.3 Å². The highest BCUT2D eigenvalue weighted by Gasteiger charge is 2.51. The van der Waals surface area contributed by atoms with Gasteiger partial charge in [-0.05, 0) is 38.2 Å². The summed E-state index contributed by atoms with van der Waals surface area (Å²) in [6.07, 6.45) is 1.64. The summed E-state index contributed by atoms with van der Waals surface area (Å²) >= 11 is 1.70. The Morgan fingerprint density at radius 3 is 2.54 bits per heavy atom. The van der Waals surface area contributed by atoms with E-state index in [2.05, 4.69) is 13.8 Å². The Balaban J connectivity index is 1.96. The molecule has 1 aromatic heterocycles. The standard InChI is InChI=1S/C18H24N2O3S/c1-10(2)8-13-12-9-20(16(22)15(12)11(3)24-13)18(4)7-6-14(21)19(5)17(18)23/h10H,6-9H2,1-5H3. The van der Waals surface area contributed by atoms with Gasteiger partial charge >= 0.3 is 0 Å². The van der Waals surface area contributed by atoms with Crippen molar-refractivity contribution in [3.8, 4) is 0 Å². The van der Waals surface area contributed by atoms with Crippen LogP contribution in [-0.2, 0) is 22.6 Å². The molecule has 6 heteroatoms. The van der Waals surface area contributed by atoms with Crippen LogP contribution in [0, 0.1) is 12.8 Å². The molecule has 0 spiro atoms. The zero-order valence-electron chi connectivity index (χ0n) is 14.9. The Morgan fingerprint density at radius 1 is 1.25 bits per heavy atom. The second-order valence-corrected chi connectivity index (χ2v) is 8.77. The maximum absolute atomic E-state index is 13.0. The third-order valence-electron chi connectivity index (χ3n) is 5.20. The number of fused-ring (bicyclic) bond motifs is 1. The van der Waals surface area contributed by atoms with Gasteiger partial charge in [-0.1, -0.05) is 13.8 Å². The number of rotatable bonds is 3. The smallest absolute Gasteiger partial charge is 0.256 e. The van der Waals surface area contributed by atoms with Crippen LogP contribution in [0.15, 0.2) is 0 Å². The Morgan fingerprint density at radius 2 is 1.92 bits per heavy atom. The number of amides is 3. The fourth-order valence-corrected chi connectivity index (χ4v) is 5.13. The van der Waals surface area contributed by atoms with Crippen molar-refractivity contribution in [2.24, 2.45) is 5.92 Å². The summed E-state index contributed by atoms with van der Waals surface area (Å²) in [6, 6.07) is 0. The zero-order valence-corrected chi connectivity index (χ0v) is 15.7. The Kier molecular flexibility index (Phi) is 4.06. The molecule has 2 aliphatic rings. The van der Waals surface area contributed by atoms with Gasteiger partial charge in [-0.3, -0.25) is 19.3 Å². The van der Waals surface area contributed by atoms with E-state index >= 15 is 0 Å². The molecule has 0 N–H and O–H groups in total. The fraction of sp³-hybridized carbons (Fsp3) is 0.611. The van der Waals surface area contributed by atoms with E-state index in [-0.39, 0.29) is 17.7 Å². The lowest BCUT2D eigenvalue weighted by molar-refractivity contribution is -0.155. The average molecular weight is 348 g/mol. The van der Waals surface area contributed by atoms with E-state index in [4.69, 9.17) is 0 Å². The molecule has 1 unspecified atom stereocenters. The third kappa shape index (κ3) is 2.39. The number of nitrogens with zero attached hydrogens (tertiary/aromatic N) is 2. The third-order valence-corrected chi connectivity index (χ3v) is 6.37. The lowest BCUT2D eigenvalue weighted by Crippen LogP contribution is -2.61. The topological polar surface area (TPSA) is 57.7 Å². The normalized spacial score (nSPS) is 24.3. The summed E-state index contributed by atoms with van der Waals surface area (Å²) < 4.78 is 0. The first kappa shape index (κ1) is 17.1. The number of thiophene rings is 1. The second-order valence-electron chi connectivity index (χ2n) is 7.46. The molecule has 24 heavy (non-hydrogen) atoms. The number of hydrogen-bond acceptors (Lipinski definition) is 4. The van der Waals surface area contributed by atoms with Crippen LogP contribution in [0.2, 0.25) is 0 Å². The molecule has 1 aromatic rings.